The van der Waals surface area contributed by atoms with E-state index in [9.17, 15) is 5.11 Å². The van der Waals surface area contributed by atoms with Gasteiger partial charge in [0.25, 0.3) is 0 Å². The van der Waals surface area contributed by atoms with Crippen LogP contribution in [0.4, 0.5) is 0 Å². The molecule has 6 nitrogen and oxygen atoms in total. The van der Waals surface area contributed by atoms with E-state index in [-0.39, 0.29) is 12.1 Å². The number of pyridine rings is 1. The Bertz CT molecular complexity index is 912. The second-order valence-electron chi connectivity index (χ2n) is 7.60. The van der Waals surface area contributed by atoms with Gasteiger partial charge in [0, 0.05) is 49.4 Å². The van der Waals surface area contributed by atoms with Crippen LogP contribution in [0.3, 0.4) is 0 Å². The van der Waals surface area contributed by atoms with Gasteiger partial charge in [-0.1, -0.05) is 30.3 Å². The Labute approximate surface area is 171 Å². The summed E-state index contributed by atoms with van der Waals surface area (Å²) in [6, 6.07) is 14.3. The summed E-state index contributed by atoms with van der Waals surface area (Å²) in [6.45, 7) is 4.11. The Morgan fingerprint density at radius 1 is 1.14 bits per heavy atom. The molecule has 0 radical (unpaired) electrons. The van der Waals surface area contributed by atoms with Crippen molar-refractivity contribution < 1.29 is 9.84 Å². The molecule has 2 N–H and O–H groups in total. The summed E-state index contributed by atoms with van der Waals surface area (Å²) >= 11 is 0. The maximum atomic E-state index is 10.6. The summed E-state index contributed by atoms with van der Waals surface area (Å²) in [5.41, 5.74) is 2.23. The van der Waals surface area contributed by atoms with Crippen LogP contribution in [0, 0.1) is 5.92 Å². The maximum Gasteiger partial charge on any atom is 0.213 e. The number of ether oxygens (including phenoxy) is 1. The van der Waals surface area contributed by atoms with Gasteiger partial charge in [0.1, 0.15) is 5.82 Å². The number of imidazole rings is 1. The monoisotopic (exact) mass is 392 g/mol. The van der Waals surface area contributed by atoms with Crippen molar-refractivity contribution in [3.8, 4) is 17.3 Å². The van der Waals surface area contributed by atoms with Gasteiger partial charge in [0.15, 0.2) is 0 Å². The molecule has 0 saturated heterocycles. The number of hydrogen-bond donors (Lipinski definition) is 2. The SMILES string of the molecule is CCOc1cc(CN[C@@H]2CC(Cn3ccnc3-c3ccccc3)C[C@H]2O)ccn1. The average molecular weight is 393 g/mol. The summed E-state index contributed by atoms with van der Waals surface area (Å²) < 4.78 is 7.67. The minimum absolute atomic E-state index is 0.0902. The minimum Gasteiger partial charge on any atom is -0.478 e. The molecule has 0 aliphatic heterocycles. The van der Waals surface area contributed by atoms with E-state index >= 15 is 0 Å². The van der Waals surface area contributed by atoms with E-state index in [2.05, 4.69) is 32.0 Å². The van der Waals surface area contributed by atoms with E-state index in [1.807, 2.05) is 49.6 Å². The van der Waals surface area contributed by atoms with Crippen molar-refractivity contribution in [1.82, 2.24) is 19.9 Å². The van der Waals surface area contributed by atoms with Crippen molar-refractivity contribution in [2.75, 3.05) is 6.61 Å². The van der Waals surface area contributed by atoms with E-state index in [1.165, 1.54) is 0 Å². The van der Waals surface area contributed by atoms with Crippen LogP contribution in [0.25, 0.3) is 11.4 Å². The largest absolute Gasteiger partial charge is 0.478 e. The Balaban J connectivity index is 1.35. The van der Waals surface area contributed by atoms with Crippen molar-refractivity contribution in [3.05, 3.63) is 66.6 Å². The third-order valence-electron chi connectivity index (χ3n) is 5.49. The molecule has 3 atom stereocenters. The van der Waals surface area contributed by atoms with Gasteiger partial charge in [-0.05, 0) is 37.3 Å². The first kappa shape index (κ1) is 19.6. The smallest absolute Gasteiger partial charge is 0.213 e. The van der Waals surface area contributed by atoms with E-state index in [0.29, 0.717) is 24.9 Å². The molecule has 0 amide bonds. The molecule has 2 aromatic heterocycles. The zero-order valence-corrected chi connectivity index (χ0v) is 16.7. The summed E-state index contributed by atoms with van der Waals surface area (Å²) in [5.74, 6) is 2.04. The standard InChI is InChI=1S/C23H28N4O2/c1-2-29-22-14-17(8-9-24-22)15-26-20-12-18(13-21(20)28)16-27-11-10-25-23(27)19-6-4-3-5-7-19/h3-11,14,18,20-21,26,28H,2,12-13,15-16H2,1H3/t18?,20-,21-/m1/s1. The van der Waals surface area contributed by atoms with E-state index < -0.39 is 0 Å². The zero-order valence-electron chi connectivity index (χ0n) is 16.7. The summed E-state index contributed by atoms with van der Waals surface area (Å²) in [5, 5.41) is 14.1. The highest BCUT2D eigenvalue weighted by Gasteiger charge is 2.33. The molecule has 1 aliphatic carbocycles. The molecule has 6 heteroatoms. The highest BCUT2D eigenvalue weighted by molar-refractivity contribution is 5.55. The number of aliphatic hydroxyl groups is 1. The lowest BCUT2D eigenvalue weighted by atomic mass is 10.1. The van der Waals surface area contributed by atoms with Gasteiger partial charge in [-0.15, -0.1) is 0 Å². The Kier molecular flexibility index (Phi) is 6.22. The topological polar surface area (TPSA) is 72.2 Å². The number of rotatable bonds is 8. The van der Waals surface area contributed by atoms with Crippen molar-refractivity contribution in [2.45, 2.75) is 45.0 Å². The zero-order chi connectivity index (χ0) is 20.1. The van der Waals surface area contributed by atoms with E-state index in [0.717, 1.165) is 36.3 Å². The van der Waals surface area contributed by atoms with Crippen LogP contribution < -0.4 is 10.1 Å². The number of hydrogen-bond acceptors (Lipinski definition) is 5. The number of nitrogens with one attached hydrogen (secondary N) is 1. The van der Waals surface area contributed by atoms with Crippen molar-refractivity contribution in [3.63, 3.8) is 0 Å². The highest BCUT2D eigenvalue weighted by atomic mass is 16.5. The van der Waals surface area contributed by atoms with Crippen LogP contribution in [0.1, 0.15) is 25.3 Å². The lowest BCUT2D eigenvalue weighted by Gasteiger charge is -2.17. The number of aliphatic hydroxyl groups excluding tert-OH is 1. The maximum absolute atomic E-state index is 10.6. The molecule has 1 fully saturated rings. The predicted molar refractivity (Wildman–Crippen MR) is 112 cm³/mol. The van der Waals surface area contributed by atoms with Crippen LogP contribution in [0.15, 0.2) is 61.1 Å². The van der Waals surface area contributed by atoms with Gasteiger partial charge in [-0.2, -0.15) is 0 Å². The molecule has 1 unspecified atom stereocenters. The molecular weight excluding hydrogens is 364 g/mol. The number of benzene rings is 1. The normalized spacial score (nSPS) is 21.4. The fourth-order valence-electron chi connectivity index (χ4n) is 4.11. The molecular formula is C23H28N4O2. The van der Waals surface area contributed by atoms with E-state index in [4.69, 9.17) is 4.74 Å². The lowest BCUT2D eigenvalue weighted by molar-refractivity contribution is 0.145. The average Bonchev–Trinajstić information content (AvgIpc) is 3.34. The molecule has 29 heavy (non-hydrogen) atoms. The number of nitrogens with zero attached hydrogens (tertiary/aromatic N) is 3. The second-order valence-corrected chi connectivity index (χ2v) is 7.60. The minimum atomic E-state index is -0.336. The molecule has 3 aromatic rings. The third kappa shape index (κ3) is 4.83. The van der Waals surface area contributed by atoms with Crippen molar-refractivity contribution in [2.24, 2.45) is 5.92 Å². The Morgan fingerprint density at radius 3 is 2.83 bits per heavy atom. The third-order valence-corrected chi connectivity index (χ3v) is 5.49. The van der Waals surface area contributed by atoms with Gasteiger partial charge in [-0.3, -0.25) is 0 Å². The highest BCUT2D eigenvalue weighted by Crippen LogP contribution is 2.29. The summed E-state index contributed by atoms with van der Waals surface area (Å²) in [6.07, 6.45) is 7.04. The first-order valence-electron chi connectivity index (χ1n) is 10.3. The fourth-order valence-corrected chi connectivity index (χ4v) is 4.11. The molecule has 1 aromatic carbocycles. The fraction of sp³-hybridized carbons (Fsp3) is 0.391. The van der Waals surface area contributed by atoms with Gasteiger partial charge in [0.05, 0.1) is 12.7 Å². The van der Waals surface area contributed by atoms with Crippen LogP contribution in [-0.4, -0.2) is 38.4 Å². The molecule has 1 aliphatic rings. The molecule has 0 spiro atoms. The Morgan fingerprint density at radius 2 is 2.00 bits per heavy atom. The summed E-state index contributed by atoms with van der Waals surface area (Å²) in [4.78, 5) is 8.74. The van der Waals surface area contributed by atoms with Crippen LogP contribution >= 0.6 is 0 Å². The van der Waals surface area contributed by atoms with Gasteiger partial charge < -0.3 is 19.7 Å². The van der Waals surface area contributed by atoms with Crippen LogP contribution in [-0.2, 0) is 13.1 Å². The molecule has 1 saturated carbocycles. The van der Waals surface area contributed by atoms with Gasteiger partial charge >= 0.3 is 0 Å². The second kappa shape index (κ2) is 9.20. The lowest BCUT2D eigenvalue weighted by Crippen LogP contribution is -2.35. The van der Waals surface area contributed by atoms with Crippen LogP contribution in [0.2, 0.25) is 0 Å². The van der Waals surface area contributed by atoms with Crippen molar-refractivity contribution in [1.29, 1.82) is 0 Å². The van der Waals surface area contributed by atoms with Crippen LogP contribution in [0.5, 0.6) is 5.88 Å². The predicted octanol–water partition coefficient (Wildman–Crippen LogP) is 3.27. The van der Waals surface area contributed by atoms with Gasteiger partial charge in [0.2, 0.25) is 5.88 Å². The van der Waals surface area contributed by atoms with E-state index in [1.54, 1.807) is 6.20 Å². The number of aromatic nitrogens is 3. The summed E-state index contributed by atoms with van der Waals surface area (Å²) in [7, 11) is 0. The first-order chi connectivity index (χ1) is 14.2. The first-order valence-corrected chi connectivity index (χ1v) is 10.3. The molecule has 4 rings (SSSR count). The molecule has 152 valence electrons. The quantitative estimate of drug-likeness (QED) is 0.616. The van der Waals surface area contributed by atoms with Gasteiger partial charge in [-0.25, -0.2) is 9.97 Å². The van der Waals surface area contributed by atoms with Crippen molar-refractivity contribution >= 4 is 0 Å². The Hall–Kier alpha value is -2.70. The molecule has 0 bridgehead atoms. The molecule has 2 heterocycles.